The van der Waals surface area contributed by atoms with Crippen LogP contribution in [-0.4, -0.2) is 27.0 Å². The van der Waals surface area contributed by atoms with Crippen LogP contribution in [0.3, 0.4) is 0 Å². The number of hydrogen-bond donors (Lipinski definition) is 2. The highest BCUT2D eigenvalue weighted by Crippen LogP contribution is 2.53. The molecule has 0 radical (unpaired) electrons. The number of aromatic nitrogens is 3. The molecule has 0 saturated heterocycles. The van der Waals surface area contributed by atoms with E-state index in [-0.39, 0.29) is 23.6 Å². The Bertz CT molecular complexity index is 1570. The van der Waals surface area contributed by atoms with Crippen LogP contribution in [0.15, 0.2) is 53.3 Å². The molecule has 1 amide bonds. The molecule has 8 nitrogen and oxygen atoms in total. The fourth-order valence-corrected chi connectivity index (χ4v) is 5.34. The molecule has 3 N–H and O–H groups in total. The molecule has 156 valence electrons. The van der Waals surface area contributed by atoms with E-state index in [2.05, 4.69) is 4.98 Å². The number of para-hydroxylation sites is 3. The minimum absolute atomic E-state index is 0.0378. The SMILES string of the molecule is CCN1C(=O)C2(Cc3nc4ccccc4n3-c3[nH]c(=O)c(C#N)c(N)c32)c2ccccc21. The van der Waals surface area contributed by atoms with Gasteiger partial charge in [0.15, 0.2) is 0 Å². The Labute approximate surface area is 182 Å². The Kier molecular flexibility index (Phi) is 3.49. The molecule has 1 spiro atoms. The topological polar surface area (TPSA) is 121 Å². The third kappa shape index (κ3) is 1.98. The number of nitrogens with zero attached hydrogens (tertiary/aromatic N) is 4. The van der Waals surface area contributed by atoms with Crippen molar-refractivity contribution in [1.82, 2.24) is 14.5 Å². The summed E-state index contributed by atoms with van der Waals surface area (Å²) in [6.07, 6.45) is 0.266. The first kappa shape index (κ1) is 18.4. The molecule has 2 aliphatic heterocycles. The van der Waals surface area contributed by atoms with Gasteiger partial charge in [-0.2, -0.15) is 5.26 Å². The average Bonchev–Trinajstić information content (AvgIpc) is 3.27. The lowest BCUT2D eigenvalue weighted by Crippen LogP contribution is -2.47. The number of imidazole rings is 1. The summed E-state index contributed by atoms with van der Waals surface area (Å²) in [5, 5.41) is 9.65. The molecule has 0 fully saturated rings. The van der Waals surface area contributed by atoms with Gasteiger partial charge in [0, 0.05) is 24.2 Å². The Morgan fingerprint density at radius 2 is 1.94 bits per heavy atom. The van der Waals surface area contributed by atoms with Crippen molar-refractivity contribution in [1.29, 1.82) is 5.26 Å². The van der Waals surface area contributed by atoms with Gasteiger partial charge in [-0.3, -0.25) is 14.2 Å². The maximum atomic E-state index is 14.1. The molecule has 6 rings (SSSR count). The zero-order chi connectivity index (χ0) is 22.2. The van der Waals surface area contributed by atoms with Gasteiger partial charge in [0.1, 0.15) is 28.7 Å². The number of pyridine rings is 1. The van der Waals surface area contributed by atoms with Gasteiger partial charge in [0.05, 0.1) is 16.7 Å². The van der Waals surface area contributed by atoms with Gasteiger partial charge >= 0.3 is 0 Å². The van der Waals surface area contributed by atoms with Crippen LogP contribution in [0.4, 0.5) is 11.4 Å². The number of aromatic amines is 1. The number of H-pyrrole nitrogens is 1. The summed E-state index contributed by atoms with van der Waals surface area (Å²) < 4.78 is 1.85. The van der Waals surface area contributed by atoms with Crippen LogP contribution < -0.4 is 16.2 Å². The van der Waals surface area contributed by atoms with Crippen LogP contribution in [0, 0.1) is 11.3 Å². The molecule has 4 aromatic rings. The summed E-state index contributed by atoms with van der Waals surface area (Å²) in [7, 11) is 0. The van der Waals surface area contributed by atoms with Crippen LogP contribution in [0.1, 0.15) is 29.4 Å². The lowest BCUT2D eigenvalue weighted by molar-refractivity contribution is -0.121. The predicted octanol–water partition coefficient (Wildman–Crippen LogP) is 2.38. The summed E-state index contributed by atoms with van der Waals surface area (Å²) >= 11 is 0. The summed E-state index contributed by atoms with van der Waals surface area (Å²) in [6, 6.07) is 17.1. The first-order valence-electron chi connectivity index (χ1n) is 10.4. The molecule has 32 heavy (non-hydrogen) atoms. The highest BCUT2D eigenvalue weighted by Gasteiger charge is 2.57. The number of fused-ring (bicyclic) bond motifs is 8. The number of hydrogen-bond acceptors (Lipinski definition) is 5. The highest BCUT2D eigenvalue weighted by molar-refractivity contribution is 6.12. The van der Waals surface area contributed by atoms with E-state index in [1.807, 2.05) is 66.1 Å². The van der Waals surface area contributed by atoms with Gasteiger partial charge in [0.2, 0.25) is 5.91 Å². The number of benzene rings is 2. The van der Waals surface area contributed by atoms with Crippen LogP contribution >= 0.6 is 0 Å². The molecule has 0 aliphatic carbocycles. The van der Waals surface area contributed by atoms with E-state index < -0.39 is 11.0 Å². The lowest BCUT2D eigenvalue weighted by Gasteiger charge is -2.36. The van der Waals surface area contributed by atoms with E-state index in [1.165, 1.54) is 0 Å². The zero-order valence-corrected chi connectivity index (χ0v) is 17.2. The van der Waals surface area contributed by atoms with Gasteiger partial charge in [0.25, 0.3) is 5.56 Å². The summed E-state index contributed by atoms with van der Waals surface area (Å²) in [4.78, 5) is 36.2. The molecule has 2 aromatic carbocycles. The molecule has 1 unspecified atom stereocenters. The van der Waals surface area contributed by atoms with Gasteiger partial charge in [-0.15, -0.1) is 0 Å². The number of nitrogens with two attached hydrogens (primary N) is 1. The van der Waals surface area contributed by atoms with Gasteiger partial charge < -0.3 is 15.6 Å². The van der Waals surface area contributed by atoms with Gasteiger partial charge in [-0.25, -0.2) is 4.98 Å². The lowest BCUT2D eigenvalue weighted by atomic mass is 9.70. The fourth-order valence-electron chi connectivity index (χ4n) is 5.34. The maximum Gasteiger partial charge on any atom is 0.269 e. The largest absolute Gasteiger partial charge is 0.397 e. The number of nitrogen functional groups attached to an aromatic ring is 1. The second-order valence-electron chi connectivity index (χ2n) is 8.08. The van der Waals surface area contributed by atoms with Crippen LogP contribution in [0.25, 0.3) is 16.9 Å². The van der Waals surface area contributed by atoms with Crippen LogP contribution in [0.2, 0.25) is 0 Å². The van der Waals surface area contributed by atoms with Crippen molar-refractivity contribution in [3.05, 3.63) is 81.4 Å². The Morgan fingerprint density at radius 3 is 2.72 bits per heavy atom. The zero-order valence-electron chi connectivity index (χ0n) is 17.2. The van der Waals surface area contributed by atoms with Gasteiger partial charge in [-0.05, 0) is 30.7 Å². The number of nitriles is 1. The fraction of sp³-hybridized carbons (Fsp3) is 0.167. The number of carbonyl (C=O) groups is 1. The second kappa shape index (κ2) is 6.08. The minimum Gasteiger partial charge on any atom is -0.397 e. The van der Waals surface area contributed by atoms with Crippen LogP contribution in [-0.2, 0) is 16.6 Å². The number of nitrogens with one attached hydrogen (secondary N) is 1. The molecule has 4 heterocycles. The van der Waals surface area contributed by atoms with E-state index in [4.69, 9.17) is 10.7 Å². The van der Waals surface area contributed by atoms with Gasteiger partial charge in [-0.1, -0.05) is 30.3 Å². The van der Waals surface area contributed by atoms with E-state index >= 15 is 0 Å². The third-order valence-electron chi connectivity index (χ3n) is 6.63. The summed E-state index contributed by atoms with van der Waals surface area (Å²) in [5.74, 6) is 0.908. The van der Waals surface area contributed by atoms with Crippen LogP contribution in [0.5, 0.6) is 0 Å². The summed E-state index contributed by atoms with van der Waals surface area (Å²) in [6.45, 7) is 2.40. The maximum absolute atomic E-state index is 14.1. The van der Waals surface area contributed by atoms with E-state index in [0.717, 1.165) is 22.3 Å². The standard InChI is InChI=1S/C24H18N6O2/c1-2-29-16-9-5-3-7-14(16)24(23(29)32)11-18-27-15-8-4-6-10-17(15)30(18)21-19(24)20(26)13(12-25)22(31)28-21/h3-10H,2,11H2,1H3,(H3,26,28,31). The normalized spacial score (nSPS) is 18.5. The minimum atomic E-state index is -1.18. The quantitative estimate of drug-likeness (QED) is 0.488. The molecular weight excluding hydrogens is 404 g/mol. The van der Waals surface area contributed by atoms with Crippen molar-refractivity contribution < 1.29 is 4.79 Å². The van der Waals surface area contributed by atoms with Crippen molar-refractivity contribution >= 4 is 28.3 Å². The van der Waals surface area contributed by atoms with E-state index in [9.17, 15) is 14.9 Å². The second-order valence-corrected chi connectivity index (χ2v) is 8.08. The molecule has 0 saturated carbocycles. The molecule has 1 atom stereocenters. The summed E-state index contributed by atoms with van der Waals surface area (Å²) in [5.41, 5.74) is 8.19. The monoisotopic (exact) mass is 422 g/mol. The number of anilines is 2. The Morgan fingerprint density at radius 1 is 1.19 bits per heavy atom. The molecule has 2 aromatic heterocycles. The molecule has 2 aliphatic rings. The van der Waals surface area contributed by atoms with E-state index in [1.54, 1.807) is 4.90 Å². The van der Waals surface area contributed by atoms with Crippen molar-refractivity contribution in [2.24, 2.45) is 0 Å². The number of likely N-dealkylation sites (N-methyl/N-ethyl adjacent to an activating group) is 1. The first-order valence-corrected chi connectivity index (χ1v) is 10.4. The smallest absolute Gasteiger partial charge is 0.269 e. The van der Waals surface area contributed by atoms with E-state index in [0.29, 0.717) is 23.8 Å². The first-order chi connectivity index (χ1) is 15.5. The Balaban J connectivity index is 1.82. The molecular formula is C24H18N6O2. The van der Waals surface area contributed by atoms with Crippen molar-refractivity contribution in [3.8, 4) is 11.9 Å². The van der Waals surface area contributed by atoms with Crippen molar-refractivity contribution in [3.63, 3.8) is 0 Å². The average molecular weight is 422 g/mol. The number of amides is 1. The molecule has 8 heteroatoms. The highest BCUT2D eigenvalue weighted by atomic mass is 16.2. The van der Waals surface area contributed by atoms with Crippen molar-refractivity contribution in [2.45, 2.75) is 18.8 Å². The van der Waals surface area contributed by atoms with Crippen molar-refractivity contribution in [2.75, 3.05) is 17.2 Å². The molecule has 0 bridgehead atoms. The third-order valence-corrected chi connectivity index (χ3v) is 6.63. The number of rotatable bonds is 1. The Hall–Kier alpha value is -4.38. The number of carbonyl (C=O) groups excluding carboxylic acids is 1. The predicted molar refractivity (Wildman–Crippen MR) is 120 cm³/mol.